The van der Waals surface area contributed by atoms with Crippen molar-refractivity contribution in [2.45, 2.75) is 45.0 Å². The second kappa shape index (κ2) is 10.2. The molecular weight excluding hydrogens is 338 g/mol. The van der Waals surface area contributed by atoms with Crippen molar-refractivity contribution < 1.29 is 14.3 Å². The number of rotatable bonds is 7. The predicted octanol–water partition coefficient (Wildman–Crippen LogP) is 1.47. The van der Waals surface area contributed by atoms with Gasteiger partial charge in [-0.15, -0.1) is 11.8 Å². The van der Waals surface area contributed by atoms with E-state index in [0.717, 1.165) is 51.3 Å². The van der Waals surface area contributed by atoms with Crippen LogP contribution in [-0.4, -0.2) is 78.2 Å². The number of nitrogens with one attached hydrogen (secondary N) is 1. The van der Waals surface area contributed by atoms with Crippen molar-refractivity contribution in [3.8, 4) is 0 Å². The van der Waals surface area contributed by atoms with E-state index in [2.05, 4.69) is 17.1 Å². The summed E-state index contributed by atoms with van der Waals surface area (Å²) in [6.45, 7) is 11.0. The first-order chi connectivity index (χ1) is 12.0. The normalized spacial score (nSPS) is 24.2. The molecule has 0 aromatic rings. The standard InChI is InChI=1S/C18H31N3O3S/c1-4-17-21(16(22)12-14(2)3)15(13-25-17)18(23)19-6-5-7-20-8-10-24-11-9-20/h12,15,17H,4-11,13H2,1-3H3,(H,19,23). The molecule has 2 atom stereocenters. The van der Waals surface area contributed by atoms with E-state index < -0.39 is 0 Å². The number of hydrogen-bond donors (Lipinski definition) is 1. The molecular formula is C18H31N3O3S. The van der Waals surface area contributed by atoms with Gasteiger partial charge in [0.05, 0.1) is 18.6 Å². The minimum absolute atomic E-state index is 0.0269. The van der Waals surface area contributed by atoms with Crippen LogP contribution in [0.5, 0.6) is 0 Å². The molecule has 6 nitrogen and oxygen atoms in total. The van der Waals surface area contributed by atoms with Crippen LogP contribution in [0.15, 0.2) is 11.6 Å². The summed E-state index contributed by atoms with van der Waals surface area (Å²) in [6.07, 6.45) is 3.41. The highest BCUT2D eigenvalue weighted by molar-refractivity contribution is 8.00. The van der Waals surface area contributed by atoms with E-state index in [1.807, 2.05) is 13.8 Å². The summed E-state index contributed by atoms with van der Waals surface area (Å²) < 4.78 is 5.34. The third-order valence-corrected chi connectivity index (χ3v) is 5.92. The van der Waals surface area contributed by atoms with Crippen LogP contribution in [-0.2, 0) is 14.3 Å². The molecule has 2 rings (SSSR count). The molecule has 0 radical (unpaired) electrons. The average molecular weight is 370 g/mol. The number of carbonyl (C=O) groups is 2. The van der Waals surface area contributed by atoms with E-state index >= 15 is 0 Å². The Morgan fingerprint density at radius 3 is 2.64 bits per heavy atom. The lowest BCUT2D eigenvalue weighted by atomic mass is 10.2. The lowest BCUT2D eigenvalue weighted by Crippen LogP contribution is -2.49. The lowest BCUT2D eigenvalue weighted by molar-refractivity contribution is -0.136. The van der Waals surface area contributed by atoms with Gasteiger partial charge in [-0.05, 0) is 33.2 Å². The first-order valence-corrected chi connectivity index (χ1v) is 10.2. The number of nitrogens with zero attached hydrogens (tertiary/aromatic N) is 2. The highest BCUT2D eigenvalue weighted by Crippen LogP contribution is 2.31. The van der Waals surface area contributed by atoms with Crippen molar-refractivity contribution in [2.24, 2.45) is 0 Å². The highest BCUT2D eigenvalue weighted by atomic mass is 32.2. The zero-order valence-electron chi connectivity index (χ0n) is 15.6. The molecule has 1 N–H and O–H groups in total. The third-order valence-electron chi connectivity index (χ3n) is 4.47. The molecule has 25 heavy (non-hydrogen) atoms. The SMILES string of the molecule is CCC1SCC(C(=O)NCCCN2CCOCC2)N1C(=O)C=C(C)C. The second-order valence-corrected chi connectivity index (χ2v) is 7.99. The van der Waals surface area contributed by atoms with Crippen molar-refractivity contribution in [1.82, 2.24) is 15.1 Å². The molecule has 2 aliphatic heterocycles. The van der Waals surface area contributed by atoms with E-state index in [0.29, 0.717) is 12.3 Å². The lowest BCUT2D eigenvalue weighted by Gasteiger charge is -2.28. The molecule has 2 aliphatic rings. The van der Waals surface area contributed by atoms with E-state index in [9.17, 15) is 9.59 Å². The van der Waals surface area contributed by atoms with E-state index in [-0.39, 0.29) is 23.2 Å². The van der Waals surface area contributed by atoms with Gasteiger partial charge in [0.1, 0.15) is 6.04 Å². The number of hydrogen-bond acceptors (Lipinski definition) is 5. The summed E-state index contributed by atoms with van der Waals surface area (Å²) in [5.41, 5.74) is 0.960. The van der Waals surface area contributed by atoms with Gasteiger partial charge >= 0.3 is 0 Å². The fraction of sp³-hybridized carbons (Fsp3) is 0.778. The highest BCUT2D eigenvalue weighted by Gasteiger charge is 2.39. The maximum atomic E-state index is 12.6. The summed E-state index contributed by atoms with van der Waals surface area (Å²) in [4.78, 5) is 29.2. The summed E-state index contributed by atoms with van der Waals surface area (Å²) in [7, 11) is 0. The smallest absolute Gasteiger partial charge is 0.248 e. The number of thioether (sulfide) groups is 1. The average Bonchev–Trinajstić information content (AvgIpc) is 3.03. The number of amides is 2. The van der Waals surface area contributed by atoms with Gasteiger partial charge in [0, 0.05) is 31.5 Å². The topological polar surface area (TPSA) is 61.9 Å². The largest absolute Gasteiger partial charge is 0.379 e. The molecule has 2 fully saturated rings. The van der Waals surface area contributed by atoms with Gasteiger partial charge < -0.3 is 15.0 Å². The molecule has 7 heteroatoms. The van der Waals surface area contributed by atoms with Crippen LogP contribution < -0.4 is 5.32 Å². The molecule has 0 bridgehead atoms. The monoisotopic (exact) mass is 369 g/mol. The number of ether oxygens (including phenoxy) is 1. The Labute approximate surface area is 155 Å². The first-order valence-electron chi connectivity index (χ1n) is 9.19. The van der Waals surface area contributed by atoms with Crippen LogP contribution in [0, 0.1) is 0 Å². The van der Waals surface area contributed by atoms with Crippen molar-refractivity contribution in [1.29, 1.82) is 0 Å². The Balaban J connectivity index is 1.81. The molecule has 2 amide bonds. The van der Waals surface area contributed by atoms with E-state index in [1.54, 1.807) is 22.7 Å². The zero-order valence-corrected chi connectivity index (χ0v) is 16.4. The van der Waals surface area contributed by atoms with Crippen molar-refractivity contribution in [3.63, 3.8) is 0 Å². The number of carbonyl (C=O) groups excluding carboxylic acids is 2. The summed E-state index contributed by atoms with van der Waals surface area (Å²) >= 11 is 1.70. The van der Waals surface area contributed by atoms with Gasteiger partial charge in [-0.25, -0.2) is 0 Å². The van der Waals surface area contributed by atoms with E-state index in [4.69, 9.17) is 4.74 Å². The molecule has 2 heterocycles. The molecule has 2 saturated heterocycles. The van der Waals surface area contributed by atoms with Gasteiger partial charge in [-0.1, -0.05) is 12.5 Å². The second-order valence-electron chi connectivity index (χ2n) is 6.78. The Kier molecular flexibility index (Phi) is 8.26. The number of allylic oxidation sites excluding steroid dienone is 1. The van der Waals surface area contributed by atoms with Crippen LogP contribution in [0.2, 0.25) is 0 Å². The van der Waals surface area contributed by atoms with Crippen molar-refractivity contribution in [2.75, 3.05) is 45.1 Å². The van der Waals surface area contributed by atoms with Gasteiger partial charge in [-0.2, -0.15) is 0 Å². The van der Waals surface area contributed by atoms with Gasteiger partial charge in [-0.3, -0.25) is 14.5 Å². The zero-order chi connectivity index (χ0) is 18.2. The van der Waals surface area contributed by atoms with E-state index in [1.165, 1.54) is 0 Å². The summed E-state index contributed by atoms with van der Waals surface area (Å²) in [5.74, 6) is 0.599. The van der Waals surface area contributed by atoms with Crippen LogP contribution >= 0.6 is 11.8 Å². The molecule has 0 saturated carbocycles. The molecule has 0 aliphatic carbocycles. The predicted molar refractivity (Wildman–Crippen MR) is 101 cm³/mol. The van der Waals surface area contributed by atoms with Gasteiger partial charge in [0.2, 0.25) is 11.8 Å². The van der Waals surface area contributed by atoms with Gasteiger partial charge in [0.25, 0.3) is 0 Å². The Morgan fingerprint density at radius 2 is 2.00 bits per heavy atom. The van der Waals surface area contributed by atoms with Crippen LogP contribution in [0.3, 0.4) is 0 Å². The maximum Gasteiger partial charge on any atom is 0.248 e. The molecule has 0 aromatic carbocycles. The Morgan fingerprint density at radius 1 is 1.28 bits per heavy atom. The fourth-order valence-corrected chi connectivity index (χ4v) is 4.52. The first kappa shape index (κ1) is 20.3. The Hall–Kier alpha value is -1.05. The minimum Gasteiger partial charge on any atom is -0.379 e. The quantitative estimate of drug-likeness (QED) is 0.544. The maximum absolute atomic E-state index is 12.6. The molecule has 0 aromatic heterocycles. The molecule has 2 unspecified atom stereocenters. The third kappa shape index (κ3) is 6.01. The van der Waals surface area contributed by atoms with Crippen LogP contribution in [0.1, 0.15) is 33.6 Å². The fourth-order valence-electron chi connectivity index (χ4n) is 3.15. The Bertz CT molecular complexity index is 488. The summed E-state index contributed by atoms with van der Waals surface area (Å²) in [5, 5.41) is 3.11. The van der Waals surface area contributed by atoms with Crippen molar-refractivity contribution in [3.05, 3.63) is 11.6 Å². The van der Waals surface area contributed by atoms with Crippen LogP contribution in [0.25, 0.3) is 0 Å². The number of morpholine rings is 1. The minimum atomic E-state index is -0.360. The summed E-state index contributed by atoms with van der Waals surface area (Å²) in [6, 6.07) is -0.360. The van der Waals surface area contributed by atoms with Crippen molar-refractivity contribution >= 4 is 23.6 Å². The van der Waals surface area contributed by atoms with Gasteiger partial charge in [0.15, 0.2) is 0 Å². The molecule has 142 valence electrons. The van der Waals surface area contributed by atoms with Crippen LogP contribution in [0.4, 0.5) is 0 Å². The molecule has 0 spiro atoms.